The van der Waals surface area contributed by atoms with E-state index in [9.17, 15) is 14.7 Å². The van der Waals surface area contributed by atoms with Gasteiger partial charge in [0.05, 0.1) is 12.0 Å². The van der Waals surface area contributed by atoms with Gasteiger partial charge in [-0.25, -0.2) is 4.79 Å². The smallest absolute Gasteiger partial charge is 0.317 e. The first-order valence-corrected chi connectivity index (χ1v) is 6.83. The van der Waals surface area contributed by atoms with Gasteiger partial charge in [-0.3, -0.25) is 4.79 Å². The fourth-order valence-electron chi connectivity index (χ4n) is 2.24. The van der Waals surface area contributed by atoms with Crippen molar-refractivity contribution >= 4 is 12.0 Å². The summed E-state index contributed by atoms with van der Waals surface area (Å²) in [6, 6.07) is -0.570. The third-order valence-electron chi connectivity index (χ3n) is 3.59. The summed E-state index contributed by atoms with van der Waals surface area (Å²) in [5.41, 5.74) is -0.708. The first kappa shape index (κ1) is 15.8. The molecule has 1 aliphatic heterocycles. The molecule has 0 bridgehead atoms. The zero-order valence-electron chi connectivity index (χ0n) is 11.7. The fourth-order valence-corrected chi connectivity index (χ4v) is 2.24. The highest BCUT2D eigenvalue weighted by Gasteiger charge is 2.27. The molecule has 3 N–H and O–H groups in total. The number of carboxylic acid groups (broad SMARTS) is 1. The van der Waals surface area contributed by atoms with Crippen molar-refractivity contribution < 1.29 is 19.8 Å². The molecule has 2 atom stereocenters. The van der Waals surface area contributed by atoms with E-state index < -0.39 is 11.6 Å². The van der Waals surface area contributed by atoms with E-state index in [1.54, 1.807) is 11.8 Å². The Morgan fingerprint density at radius 2 is 2.05 bits per heavy atom. The maximum absolute atomic E-state index is 12.1. The lowest BCUT2D eigenvalue weighted by molar-refractivity contribution is -0.137. The predicted octanol–water partition coefficient (Wildman–Crippen LogP) is 1.19. The first-order valence-electron chi connectivity index (χ1n) is 6.83. The van der Waals surface area contributed by atoms with Crippen LogP contribution in [0, 0.1) is 0 Å². The van der Waals surface area contributed by atoms with Crippen LogP contribution in [0.5, 0.6) is 0 Å². The summed E-state index contributed by atoms with van der Waals surface area (Å²) < 4.78 is 0. The normalized spacial score (nSPS) is 25.5. The van der Waals surface area contributed by atoms with E-state index >= 15 is 0 Å². The molecule has 0 aromatic heterocycles. The van der Waals surface area contributed by atoms with Gasteiger partial charge in [-0.05, 0) is 32.6 Å². The molecule has 110 valence electrons. The Bertz CT molecular complexity index is 331. The predicted molar refractivity (Wildman–Crippen MR) is 70.9 cm³/mol. The summed E-state index contributed by atoms with van der Waals surface area (Å²) in [4.78, 5) is 24.4. The van der Waals surface area contributed by atoms with E-state index in [0.29, 0.717) is 32.4 Å². The second kappa shape index (κ2) is 6.75. The summed E-state index contributed by atoms with van der Waals surface area (Å²) in [7, 11) is 0. The maximum Gasteiger partial charge on any atom is 0.317 e. The first-order chi connectivity index (χ1) is 8.84. The minimum absolute atomic E-state index is 0.0617. The quantitative estimate of drug-likeness (QED) is 0.717. The number of hydrogen-bond acceptors (Lipinski definition) is 3. The van der Waals surface area contributed by atoms with E-state index in [1.165, 1.54) is 0 Å². The fraction of sp³-hybridized carbons (Fsp3) is 0.846. The van der Waals surface area contributed by atoms with E-state index in [4.69, 9.17) is 5.11 Å². The molecule has 0 aromatic carbocycles. The molecular weight excluding hydrogens is 248 g/mol. The number of nitrogens with zero attached hydrogens (tertiary/aromatic N) is 1. The van der Waals surface area contributed by atoms with Crippen molar-refractivity contribution in [2.45, 2.75) is 57.6 Å². The number of aliphatic hydroxyl groups is 1. The summed E-state index contributed by atoms with van der Waals surface area (Å²) in [6.45, 7) is 4.74. The lowest BCUT2D eigenvalue weighted by Gasteiger charge is -2.25. The van der Waals surface area contributed by atoms with Crippen LogP contribution in [0.3, 0.4) is 0 Å². The van der Waals surface area contributed by atoms with Crippen molar-refractivity contribution in [3.05, 3.63) is 0 Å². The molecule has 2 unspecified atom stereocenters. The number of rotatable bonds is 4. The number of amides is 2. The van der Waals surface area contributed by atoms with Gasteiger partial charge in [-0.1, -0.05) is 6.92 Å². The van der Waals surface area contributed by atoms with Crippen LogP contribution < -0.4 is 5.32 Å². The molecular formula is C13H24N2O4. The van der Waals surface area contributed by atoms with Gasteiger partial charge in [-0.15, -0.1) is 0 Å². The van der Waals surface area contributed by atoms with Crippen molar-refractivity contribution in [3.63, 3.8) is 0 Å². The summed E-state index contributed by atoms with van der Waals surface area (Å²) >= 11 is 0. The molecule has 0 radical (unpaired) electrons. The van der Waals surface area contributed by atoms with Gasteiger partial charge in [0, 0.05) is 19.1 Å². The van der Waals surface area contributed by atoms with Crippen LogP contribution in [0.1, 0.15) is 46.0 Å². The highest BCUT2D eigenvalue weighted by atomic mass is 16.4. The standard InChI is InChI=1S/C13H24N2O4/c1-3-10(9-11(16)17)14-12(18)15-7-4-5-13(2,19)6-8-15/h10,19H,3-9H2,1-2H3,(H,14,18)(H,16,17). The van der Waals surface area contributed by atoms with Gasteiger partial charge in [0.2, 0.25) is 0 Å². The molecule has 19 heavy (non-hydrogen) atoms. The molecule has 1 rings (SSSR count). The van der Waals surface area contributed by atoms with Crippen LogP contribution in [0.25, 0.3) is 0 Å². The number of urea groups is 1. The SMILES string of the molecule is CCC(CC(=O)O)NC(=O)N1CCCC(C)(O)CC1. The average Bonchev–Trinajstić information content (AvgIpc) is 2.48. The van der Waals surface area contributed by atoms with E-state index in [2.05, 4.69) is 5.32 Å². The van der Waals surface area contributed by atoms with Crippen molar-refractivity contribution in [1.29, 1.82) is 0 Å². The number of hydrogen-bond donors (Lipinski definition) is 3. The van der Waals surface area contributed by atoms with Crippen LogP contribution >= 0.6 is 0 Å². The monoisotopic (exact) mass is 272 g/mol. The molecule has 0 spiro atoms. The second-order valence-corrected chi connectivity index (χ2v) is 5.49. The maximum atomic E-state index is 12.1. The third kappa shape index (κ3) is 5.46. The molecule has 1 fully saturated rings. The largest absolute Gasteiger partial charge is 0.481 e. The number of carbonyl (C=O) groups is 2. The topological polar surface area (TPSA) is 89.9 Å². The molecule has 6 nitrogen and oxygen atoms in total. The number of carboxylic acids is 1. The number of carbonyl (C=O) groups excluding carboxylic acids is 1. The lowest BCUT2D eigenvalue weighted by atomic mass is 9.98. The molecule has 1 aliphatic rings. The Morgan fingerprint density at radius 3 is 2.63 bits per heavy atom. The Kier molecular flexibility index (Phi) is 5.60. The van der Waals surface area contributed by atoms with Gasteiger partial charge < -0.3 is 20.4 Å². The second-order valence-electron chi connectivity index (χ2n) is 5.49. The molecule has 0 aromatic rings. The van der Waals surface area contributed by atoms with Gasteiger partial charge in [0.1, 0.15) is 0 Å². The van der Waals surface area contributed by atoms with Crippen LogP contribution in [0.15, 0.2) is 0 Å². The van der Waals surface area contributed by atoms with Crippen LogP contribution in [0.2, 0.25) is 0 Å². The van der Waals surface area contributed by atoms with Gasteiger partial charge >= 0.3 is 12.0 Å². The molecule has 0 saturated carbocycles. The highest BCUT2D eigenvalue weighted by molar-refractivity contribution is 5.76. The van der Waals surface area contributed by atoms with Crippen molar-refractivity contribution in [2.75, 3.05) is 13.1 Å². The molecule has 6 heteroatoms. The molecule has 0 aliphatic carbocycles. The Morgan fingerprint density at radius 1 is 1.37 bits per heavy atom. The van der Waals surface area contributed by atoms with Gasteiger partial charge in [0.15, 0.2) is 0 Å². The van der Waals surface area contributed by atoms with Crippen molar-refractivity contribution in [3.8, 4) is 0 Å². The van der Waals surface area contributed by atoms with Crippen molar-refractivity contribution in [2.24, 2.45) is 0 Å². The van der Waals surface area contributed by atoms with Crippen LogP contribution in [-0.4, -0.2) is 51.8 Å². The highest BCUT2D eigenvalue weighted by Crippen LogP contribution is 2.21. The molecule has 2 amide bonds. The zero-order valence-corrected chi connectivity index (χ0v) is 11.7. The van der Waals surface area contributed by atoms with E-state index in [-0.39, 0.29) is 18.5 Å². The summed E-state index contributed by atoms with van der Waals surface area (Å²) in [5, 5.41) is 21.5. The summed E-state index contributed by atoms with van der Waals surface area (Å²) in [5.74, 6) is -0.911. The van der Waals surface area contributed by atoms with Crippen LogP contribution in [0.4, 0.5) is 4.79 Å². The van der Waals surface area contributed by atoms with Crippen LogP contribution in [-0.2, 0) is 4.79 Å². The molecule has 1 saturated heterocycles. The van der Waals surface area contributed by atoms with Gasteiger partial charge in [0.25, 0.3) is 0 Å². The van der Waals surface area contributed by atoms with E-state index in [0.717, 1.165) is 6.42 Å². The zero-order chi connectivity index (χ0) is 14.5. The minimum atomic E-state index is -0.911. The van der Waals surface area contributed by atoms with Gasteiger partial charge in [-0.2, -0.15) is 0 Å². The van der Waals surface area contributed by atoms with Crippen molar-refractivity contribution in [1.82, 2.24) is 10.2 Å². The number of likely N-dealkylation sites (tertiary alicyclic amines) is 1. The Hall–Kier alpha value is -1.30. The Labute approximate surface area is 113 Å². The third-order valence-corrected chi connectivity index (χ3v) is 3.59. The minimum Gasteiger partial charge on any atom is -0.481 e. The Balaban J connectivity index is 2.50. The average molecular weight is 272 g/mol. The van der Waals surface area contributed by atoms with E-state index in [1.807, 2.05) is 6.92 Å². The summed E-state index contributed by atoms with van der Waals surface area (Å²) in [6.07, 6.45) is 2.52. The lowest BCUT2D eigenvalue weighted by Crippen LogP contribution is -2.46. The number of nitrogens with one attached hydrogen (secondary N) is 1. The number of aliphatic carboxylic acids is 1. The molecule has 1 heterocycles.